The molecule has 2 aliphatic heterocycles. The number of amides is 3. The molecule has 6 nitrogen and oxygen atoms in total. The van der Waals surface area contributed by atoms with E-state index in [1.165, 1.54) is 5.32 Å². The third kappa shape index (κ3) is 1.82. The Morgan fingerprint density at radius 2 is 2.20 bits per heavy atom. The number of carbonyl (C=O) groups is 3. The van der Waals surface area contributed by atoms with E-state index < -0.39 is 65.6 Å². The van der Waals surface area contributed by atoms with Gasteiger partial charge in [-0.3, -0.25) is 19.7 Å². The fraction of sp³-hybridized carbons (Fsp3) is 0.308. The lowest BCUT2D eigenvalue weighted by atomic mass is 10.0. The van der Waals surface area contributed by atoms with Gasteiger partial charge < -0.3 is 10.6 Å². The number of hydrogen-bond acceptors (Lipinski definition) is 4. The molecule has 1 aromatic rings. The second-order valence-electron chi connectivity index (χ2n) is 4.05. The quantitative estimate of drug-likeness (QED) is 0.568. The SMILES string of the molecule is [2H]C1([2H])c2c(N)cc(F)cc2C(=O)N1[C@@]1([2H])C(=O)NC(=O)C([2H])([2H])C1([2H])[2H]. The second kappa shape index (κ2) is 4.29. The topological polar surface area (TPSA) is 92.5 Å². The van der Waals surface area contributed by atoms with E-state index in [2.05, 4.69) is 0 Å². The molecule has 0 spiro atoms. The normalized spacial score (nSPS) is 38.4. The average Bonchev–Trinajstić information content (AvgIpc) is 2.71. The third-order valence-electron chi connectivity index (χ3n) is 2.75. The summed E-state index contributed by atoms with van der Waals surface area (Å²) in [5.74, 6) is -5.86. The maximum atomic E-state index is 13.6. The number of benzene rings is 1. The molecule has 2 heterocycles. The van der Waals surface area contributed by atoms with Crippen molar-refractivity contribution in [3.8, 4) is 0 Å². The standard InChI is InChI=1S/C13H12FN3O3/c14-6-3-7-8(9(15)4-6)5-17(13(7)20)10-1-2-11(18)16-12(10)19/h3-4,10H,1-2,5,15H2,(H,16,18,19)/t10-/m1/s1/i1D2,2D2,5D2,10D. The fourth-order valence-electron chi connectivity index (χ4n) is 1.89. The van der Waals surface area contributed by atoms with E-state index in [4.69, 9.17) is 15.3 Å². The monoisotopic (exact) mass is 284 g/mol. The van der Waals surface area contributed by atoms with E-state index in [1.807, 2.05) is 0 Å². The van der Waals surface area contributed by atoms with Gasteiger partial charge in [0.2, 0.25) is 11.8 Å². The van der Waals surface area contributed by atoms with Gasteiger partial charge in [-0.1, -0.05) is 0 Å². The molecule has 0 unspecified atom stereocenters. The van der Waals surface area contributed by atoms with Crippen LogP contribution in [0.2, 0.25) is 0 Å². The van der Waals surface area contributed by atoms with Crippen LogP contribution in [0.15, 0.2) is 12.1 Å². The molecule has 1 fully saturated rings. The number of nitrogen functional groups attached to an aromatic ring is 1. The summed E-state index contributed by atoms with van der Waals surface area (Å²) in [7, 11) is 0. The average molecular weight is 284 g/mol. The summed E-state index contributed by atoms with van der Waals surface area (Å²) in [4.78, 5) is 36.7. The highest BCUT2D eigenvalue weighted by molar-refractivity contribution is 6.06. The highest BCUT2D eigenvalue weighted by atomic mass is 19.1. The van der Waals surface area contributed by atoms with E-state index in [-0.39, 0.29) is 4.90 Å². The molecule has 1 atom stereocenters. The van der Waals surface area contributed by atoms with Crippen LogP contribution in [0.4, 0.5) is 10.1 Å². The minimum absolute atomic E-state index is 0.153. The minimum Gasteiger partial charge on any atom is -0.398 e. The van der Waals surface area contributed by atoms with E-state index in [0.29, 0.717) is 12.1 Å². The zero-order chi connectivity index (χ0) is 20.7. The van der Waals surface area contributed by atoms with Crippen molar-refractivity contribution < 1.29 is 28.4 Å². The van der Waals surface area contributed by atoms with Gasteiger partial charge in [0, 0.05) is 35.2 Å². The number of nitrogens with two attached hydrogens (primary N) is 1. The van der Waals surface area contributed by atoms with Crippen molar-refractivity contribution in [2.24, 2.45) is 0 Å². The van der Waals surface area contributed by atoms with Crippen LogP contribution >= 0.6 is 0 Å². The van der Waals surface area contributed by atoms with Crippen LogP contribution < -0.4 is 11.1 Å². The summed E-state index contributed by atoms with van der Waals surface area (Å²) in [6.07, 6.45) is -7.11. The highest BCUT2D eigenvalue weighted by Crippen LogP contribution is 2.31. The molecule has 20 heavy (non-hydrogen) atoms. The molecule has 1 aromatic carbocycles. The van der Waals surface area contributed by atoms with Gasteiger partial charge in [-0.05, 0) is 18.5 Å². The fourth-order valence-corrected chi connectivity index (χ4v) is 1.89. The Hall–Kier alpha value is -2.44. The molecule has 3 amide bonds. The van der Waals surface area contributed by atoms with Crippen LogP contribution in [-0.2, 0) is 16.1 Å². The van der Waals surface area contributed by atoms with Gasteiger partial charge in [-0.2, -0.15) is 0 Å². The Morgan fingerprint density at radius 1 is 1.45 bits per heavy atom. The first-order chi connectivity index (χ1) is 12.1. The molecule has 2 aliphatic rings. The maximum absolute atomic E-state index is 13.6. The van der Waals surface area contributed by atoms with Crippen molar-refractivity contribution in [2.45, 2.75) is 25.3 Å². The Bertz CT molecular complexity index is 923. The number of anilines is 1. The van der Waals surface area contributed by atoms with Crippen LogP contribution in [0.5, 0.6) is 0 Å². The highest BCUT2D eigenvalue weighted by Gasteiger charge is 2.39. The van der Waals surface area contributed by atoms with Gasteiger partial charge in [-0.25, -0.2) is 4.39 Å². The summed E-state index contributed by atoms with van der Waals surface area (Å²) in [5, 5.41) is 1.46. The molecular formula is C13H12FN3O3. The van der Waals surface area contributed by atoms with Gasteiger partial charge >= 0.3 is 0 Å². The predicted octanol–water partition coefficient (Wildman–Crippen LogP) is 0.169. The first-order valence-electron chi connectivity index (χ1n) is 8.92. The largest absolute Gasteiger partial charge is 0.398 e. The zero-order valence-electron chi connectivity index (χ0n) is 16.8. The van der Waals surface area contributed by atoms with Crippen LogP contribution in [0.25, 0.3) is 0 Å². The van der Waals surface area contributed by atoms with Crippen LogP contribution in [-0.4, -0.2) is 28.6 Å². The smallest absolute Gasteiger partial charge is 0.255 e. The lowest BCUT2D eigenvalue weighted by Gasteiger charge is -2.29. The zero-order valence-corrected chi connectivity index (χ0v) is 9.78. The molecule has 0 aromatic heterocycles. The van der Waals surface area contributed by atoms with Crippen molar-refractivity contribution in [3.63, 3.8) is 0 Å². The summed E-state index contributed by atoms with van der Waals surface area (Å²) < 4.78 is 69.4. The van der Waals surface area contributed by atoms with Gasteiger partial charge in [0.15, 0.2) is 0 Å². The van der Waals surface area contributed by atoms with E-state index >= 15 is 0 Å². The van der Waals surface area contributed by atoms with Crippen LogP contribution in [0.3, 0.4) is 0 Å². The lowest BCUT2D eigenvalue weighted by molar-refractivity contribution is -0.136. The van der Waals surface area contributed by atoms with Crippen molar-refractivity contribution in [2.75, 3.05) is 5.73 Å². The van der Waals surface area contributed by atoms with Crippen molar-refractivity contribution in [3.05, 3.63) is 29.1 Å². The van der Waals surface area contributed by atoms with Gasteiger partial charge in [0.05, 0.1) is 4.11 Å². The summed E-state index contributed by atoms with van der Waals surface area (Å²) in [6.45, 7) is -3.06. The number of fused-ring (bicyclic) bond motifs is 1. The Balaban J connectivity index is 2.30. The van der Waals surface area contributed by atoms with Gasteiger partial charge in [0.1, 0.15) is 11.8 Å². The molecule has 0 bridgehead atoms. The second-order valence-corrected chi connectivity index (χ2v) is 4.05. The number of halogens is 1. The van der Waals surface area contributed by atoms with Gasteiger partial charge in [-0.15, -0.1) is 0 Å². The molecule has 3 N–H and O–H groups in total. The Kier molecular flexibility index (Phi) is 1.47. The Labute approximate surface area is 123 Å². The first-order valence-corrected chi connectivity index (χ1v) is 5.42. The number of rotatable bonds is 1. The summed E-state index contributed by atoms with van der Waals surface area (Å²) in [6, 6.07) is -2.21. The number of hydrogen-bond donors (Lipinski definition) is 2. The molecule has 3 rings (SSSR count). The van der Waals surface area contributed by atoms with Crippen LogP contribution in [0, 0.1) is 5.82 Å². The number of nitrogens with one attached hydrogen (secondary N) is 1. The van der Waals surface area contributed by atoms with E-state index in [0.717, 1.165) is 0 Å². The van der Waals surface area contributed by atoms with E-state index in [1.54, 1.807) is 0 Å². The van der Waals surface area contributed by atoms with Crippen molar-refractivity contribution in [1.82, 2.24) is 10.2 Å². The summed E-state index contributed by atoms with van der Waals surface area (Å²) >= 11 is 0. The first kappa shape index (κ1) is 6.83. The molecule has 1 saturated heterocycles. The number of carbonyl (C=O) groups excluding carboxylic acids is 3. The maximum Gasteiger partial charge on any atom is 0.255 e. The van der Waals surface area contributed by atoms with Crippen molar-refractivity contribution in [1.29, 1.82) is 0 Å². The number of piperidine rings is 1. The summed E-state index contributed by atoms with van der Waals surface area (Å²) in [5.41, 5.74) is 3.86. The lowest BCUT2D eigenvalue weighted by Crippen LogP contribution is -2.52. The predicted molar refractivity (Wildman–Crippen MR) is 66.9 cm³/mol. The molecule has 7 heteroatoms. The minimum atomic E-state index is -3.65. The van der Waals surface area contributed by atoms with Crippen molar-refractivity contribution >= 4 is 23.4 Å². The number of nitrogens with zero attached hydrogens (tertiary/aromatic N) is 1. The van der Waals surface area contributed by atoms with Gasteiger partial charge in [0.25, 0.3) is 5.91 Å². The molecular weight excluding hydrogens is 265 g/mol. The Morgan fingerprint density at radius 3 is 2.95 bits per heavy atom. The third-order valence-corrected chi connectivity index (χ3v) is 2.75. The molecule has 104 valence electrons. The van der Waals surface area contributed by atoms with E-state index in [9.17, 15) is 18.8 Å². The molecule has 0 radical (unpaired) electrons. The molecule has 0 aliphatic carbocycles. The molecule has 0 saturated carbocycles. The van der Waals surface area contributed by atoms with Crippen LogP contribution in [0.1, 0.15) is 38.3 Å². The number of imide groups is 1.